The number of hydrogen-bond donors (Lipinski definition) is 1. The summed E-state index contributed by atoms with van der Waals surface area (Å²) in [6.07, 6.45) is 0.875. The van der Waals surface area contributed by atoms with Gasteiger partial charge in [-0.15, -0.1) is 0 Å². The first-order valence-corrected chi connectivity index (χ1v) is 6.63. The van der Waals surface area contributed by atoms with E-state index in [-0.39, 0.29) is 6.04 Å². The van der Waals surface area contributed by atoms with Crippen LogP contribution in [0.2, 0.25) is 0 Å². The third kappa shape index (κ3) is 2.15. The number of para-hydroxylation sites is 1. The van der Waals surface area contributed by atoms with Crippen molar-refractivity contribution in [2.45, 2.75) is 19.4 Å². The zero-order valence-electron chi connectivity index (χ0n) is 11.0. The highest BCUT2D eigenvalue weighted by atomic mass is 16.3. The molecule has 2 nitrogen and oxygen atoms in total. The summed E-state index contributed by atoms with van der Waals surface area (Å²) >= 11 is 0. The van der Waals surface area contributed by atoms with E-state index in [1.807, 2.05) is 18.2 Å². The van der Waals surface area contributed by atoms with Gasteiger partial charge in [-0.2, -0.15) is 0 Å². The van der Waals surface area contributed by atoms with Crippen molar-refractivity contribution in [1.82, 2.24) is 0 Å². The molecule has 0 aliphatic rings. The molecular formula is C17H17NO. The van der Waals surface area contributed by atoms with Crippen LogP contribution in [0, 0.1) is 0 Å². The van der Waals surface area contributed by atoms with Gasteiger partial charge in [-0.3, -0.25) is 0 Å². The highest BCUT2D eigenvalue weighted by molar-refractivity contribution is 5.92. The molecule has 0 aliphatic heterocycles. The maximum atomic E-state index is 6.05. The van der Waals surface area contributed by atoms with Crippen molar-refractivity contribution in [3.8, 4) is 11.1 Å². The second-order valence-corrected chi connectivity index (χ2v) is 4.75. The average molecular weight is 251 g/mol. The monoisotopic (exact) mass is 251 g/mol. The van der Waals surface area contributed by atoms with Gasteiger partial charge in [0.05, 0.1) is 6.04 Å². The molecule has 2 aromatic carbocycles. The Balaban J connectivity index is 2.18. The molecule has 0 bridgehead atoms. The molecular weight excluding hydrogens is 234 g/mol. The quantitative estimate of drug-likeness (QED) is 0.743. The highest BCUT2D eigenvalue weighted by Crippen LogP contribution is 2.32. The molecule has 0 spiro atoms. The van der Waals surface area contributed by atoms with Crippen LogP contribution in [-0.4, -0.2) is 0 Å². The summed E-state index contributed by atoms with van der Waals surface area (Å²) in [6.45, 7) is 2.07. The third-order valence-electron chi connectivity index (χ3n) is 3.45. The van der Waals surface area contributed by atoms with Crippen LogP contribution in [0.25, 0.3) is 22.1 Å². The summed E-state index contributed by atoms with van der Waals surface area (Å²) in [6, 6.07) is 18.5. The highest BCUT2D eigenvalue weighted by Gasteiger charge is 2.13. The van der Waals surface area contributed by atoms with Crippen molar-refractivity contribution in [1.29, 1.82) is 0 Å². The van der Waals surface area contributed by atoms with E-state index in [2.05, 4.69) is 43.3 Å². The lowest BCUT2D eigenvalue weighted by Gasteiger charge is -2.04. The summed E-state index contributed by atoms with van der Waals surface area (Å²) in [5.41, 5.74) is 9.26. The molecule has 19 heavy (non-hydrogen) atoms. The standard InChI is InChI=1S/C17H17NO/c1-2-15(18)16-11-13-9-6-10-14(17(13)19-16)12-7-4-3-5-8-12/h3-11,15H,2,18H2,1H3. The molecule has 0 aliphatic carbocycles. The first-order valence-electron chi connectivity index (χ1n) is 6.63. The lowest BCUT2D eigenvalue weighted by atomic mass is 10.0. The van der Waals surface area contributed by atoms with Gasteiger partial charge < -0.3 is 10.2 Å². The van der Waals surface area contributed by atoms with E-state index >= 15 is 0 Å². The average Bonchev–Trinajstić information content (AvgIpc) is 2.91. The maximum Gasteiger partial charge on any atom is 0.142 e. The molecule has 2 N–H and O–H groups in total. The predicted molar refractivity (Wildman–Crippen MR) is 78.9 cm³/mol. The van der Waals surface area contributed by atoms with E-state index in [1.54, 1.807) is 0 Å². The zero-order chi connectivity index (χ0) is 13.2. The van der Waals surface area contributed by atoms with Gasteiger partial charge in [0.25, 0.3) is 0 Å². The number of fused-ring (bicyclic) bond motifs is 1. The Morgan fingerprint density at radius 2 is 1.84 bits per heavy atom. The molecule has 1 unspecified atom stereocenters. The Kier molecular flexibility index (Phi) is 3.10. The first kappa shape index (κ1) is 12.0. The van der Waals surface area contributed by atoms with Crippen molar-refractivity contribution < 1.29 is 4.42 Å². The van der Waals surface area contributed by atoms with E-state index in [0.717, 1.165) is 28.7 Å². The number of furan rings is 1. The largest absolute Gasteiger partial charge is 0.459 e. The minimum absolute atomic E-state index is 0.0315. The fourth-order valence-corrected chi connectivity index (χ4v) is 2.31. The Hall–Kier alpha value is -2.06. The first-order chi connectivity index (χ1) is 9.29. The van der Waals surface area contributed by atoms with Crippen LogP contribution >= 0.6 is 0 Å². The van der Waals surface area contributed by atoms with Gasteiger partial charge in [-0.25, -0.2) is 0 Å². The minimum atomic E-state index is -0.0315. The van der Waals surface area contributed by atoms with E-state index < -0.39 is 0 Å². The van der Waals surface area contributed by atoms with Gasteiger partial charge >= 0.3 is 0 Å². The van der Waals surface area contributed by atoms with Gasteiger partial charge in [0.1, 0.15) is 11.3 Å². The van der Waals surface area contributed by atoms with Crippen LogP contribution in [0.15, 0.2) is 59.0 Å². The van der Waals surface area contributed by atoms with Crippen molar-refractivity contribution in [2.75, 3.05) is 0 Å². The van der Waals surface area contributed by atoms with Crippen molar-refractivity contribution in [3.63, 3.8) is 0 Å². The number of nitrogens with two attached hydrogens (primary N) is 1. The summed E-state index contributed by atoms with van der Waals surface area (Å²) in [5, 5.41) is 1.11. The molecule has 0 saturated heterocycles. The van der Waals surface area contributed by atoms with Gasteiger partial charge in [0, 0.05) is 10.9 Å². The summed E-state index contributed by atoms with van der Waals surface area (Å²) < 4.78 is 5.98. The molecule has 1 aromatic heterocycles. The topological polar surface area (TPSA) is 39.2 Å². The van der Waals surface area contributed by atoms with Crippen LogP contribution in [0.5, 0.6) is 0 Å². The van der Waals surface area contributed by atoms with Gasteiger partial charge in [0.2, 0.25) is 0 Å². The Bertz CT molecular complexity index is 685. The minimum Gasteiger partial charge on any atom is -0.459 e. The second kappa shape index (κ2) is 4.90. The van der Waals surface area contributed by atoms with Gasteiger partial charge in [-0.05, 0) is 18.1 Å². The maximum absolute atomic E-state index is 6.05. The SMILES string of the molecule is CCC(N)c1cc2cccc(-c3ccccc3)c2o1. The molecule has 3 rings (SSSR count). The van der Waals surface area contributed by atoms with E-state index in [0.29, 0.717) is 0 Å². The molecule has 0 saturated carbocycles. The molecule has 1 atom stereocenters. The summed E-state index contributed by atoms with van der Waals surface area (Å²) in [5.74, 6) is 0.862. The smallest absolute Gasteiger partial charge is 0.142 e. The Morgan fingerprint density at radius 1 is 1.05 bits per heavy atom. The van der Waals surface area contributed by atoms with Crippen molar-refractivity contribution in [2.24, 2.45) is 5.73 Å². The number of hydrogen-bond acceptors (Lipinski definition) is 2. The van der Waals surface area contributed by atoms with Crippen LogP contribution < -0.4 is 5.73 Å². The fraction of sp³-hybridized carbons (Fsp3) is 0.176. The second-order valence-electron chi connectivity index (χ2n) is 4.75. The van der Waals surface area contributed by atoms with Crippen LogP contribution in [0.4, 0.5) is 0 Å². The zero-order valence-corrected chi connectivity index (χ0v) is 11.0. The molecule has 3 aromatic rings. The van der Waals surface area contributed by atoms with E-state index in [9.17, 15) is 0 Å². The van der Waals surface area contributed by atoms with Crippen LogP contribution in [0.3, 0.4) is 0 Å². The fourth-order valence-electron chi connectivity index (χ4n) is 2.31. The molecule has 2 heteroatoms. The number of rotatable bonds is 3. The van der Waals surface area contributed by atoms with E-state index in [1.165, 1.54) is 5.56 Å². The molecule has 1 heterocycles. The normalized spacial score (nSPS) is 12.7. The molecule has 0 fully saturated rings. The Morgan fingerprint density at radius 3 is 2.58 bits per heavy atom. The van der Waals surface area contributed by atoms with E-state index in [4.69, 9.17) is 10.2 Å². The molecule has 0 amide bonds. The molecule has 96 valence electrons. The van der Waals surface area contributed by atoms with Crippen molar-refractivity contribution >= 4 is 11.0 Å². The van der Waals surface area contributed by atoms with Crippen LogP contribution in [-0.2, 0) is 0 Å². The van der Waals surface area contributed by atoms with Gasteiger partial charge in [-0.1, -0.05) is 55.5 Å². The number of benzene rings is 2. The van der Waals surface area contributed by atoms with Crippen LogP contribution in [0.1, 0.15) is 25.1 Å². The predicted octanol–water partition coefficient (Wildman–Crippen LogP) is 4.51. The van der Waals surface area contributed by atoms with Crippen molar-refractivity contribution in [3.05, 3.63) is 60.4 Å². The Labute approximate surface area is 112 Å². The lowest BCUT2D eigenvalue weighted by Crippen LogP contribution is -2.06. The van der Waals surface area contributed by atoms with Gasteiger partial charge in [0.15, 0.2) is 0 Å². The third-order valence-corrected chi connectivity index (χ3v) is 3.45. The summed E-state index contributed by atoms with van der Waals surface area (Å²) in [4.78, 5) is 0. The lowest BCUT2D eigenvalue weighted by molar-refractivity contribution is 0.489. The summed E-state index contributed by atoms with van der Waals surface area (Å²) in [7, 11) is 0. The molecule has 0 radical (unpaired) electrons.